The van der Waals surface area contributed by atoms with Gasteiger partial charge in [-0.1, -0.05) is 23.8 Å². The third-order valence-electron chi connectivity index (χ3n) is 1.73. The Bertz CT molecular complexity index is 378. The van der Waals surface area contributed by atoms with Gasteiger partial charge in [-0.05, 0) is 19.1 Å². The number of hydrogen-bond acceptors (Lipinski definition) is 3. The largest absolute Gasteiger partial charge is 0.393 e. The maximum absolute atomic E-state index is 11.3. The van der Waals surface area contributed by atoms with Crippen LogP contribution in [0.15, 0.2) is 12.1 Å². The predicted octanol–water partition coefficient (Wildman–Crippen LogP) is 2.25. The van der Waals surface area contributed by atoms with Gasteiger partial charge in [0.05, 0.1) is 21.8 Å². The van der Waals surface area contributed by atoms with E-state index in [1.807, 2.05) is 13.0 Å². The molecular formula is C9H11ClN2OS2. The zero-order valence-corrected chi connectivity index (χ0v) is 10.5. The SMILES string of the molecule is CC(NC(=O)CC(N)=S)c1ccc(Cl)s1. The van der Waals surface area contributed by atoms with E-state index in [1.165, 1.54) is 11.3 Å². The molecule has 15 heavy (non-hydrogen) atoms. The van der Waals surface area contributed by atoms with Crippen molar-refractivity contribution in [1.82, 2.24) is 5.32 Å². The van der Waals surface area contributed by atoms with Gasteiger partial charge in [0.25, 0.3) is 0 Å². The van der Waals surface area contributed by atoms with Crippen molar-refractivity contribution in [2.75, 3.05) is 0 Å². The van der Waals surface area contributed by atoms with Crippen LogP contribution in [0.5, 0.6) is 0 Å². The van der Waals surface area contributed by atoms with Gasteiger partial charge in [-0.3, -0.25) is 4.79 Å². The number of hydrogen-bond donors (Lipinski definition) is 2. The molecule has 1 amide bonds. The van der Waals surface area contributed by atoms with Gasteiger partial charge in [-0.25, -0.2) is 0 Å². The second-order valence-corrected chi connectivity index (χ2v) is 5.35. The summed E-state index contributed by atoms with van der Waals surface area (Å²) in [6.07, 6.45) is 0.0821. The third-order valence-corrected chi connectivity index (χ3v) is 3.29. The van der Waals surface area contributed by atoms with Crippen molar-refractivity contribution in [3.63, 3.8) is 0 Å². The number of thiophene rings is 1. The number of thiocarbonyl (C=S) groups is 1. The van der Waals surface area contributed by atoms with E-state index in [-0.39, 0.29) is 23.4 Å². The zero-order chi connectivity index (χ0) is 11.4. The van der Waals surface area contributed by atoms with Crippen LogP contribution in [-0.2, 0) is 4.79 Å². The number of halogens is 1. The number of nitrogens with one attached hydrogen (secondary N) is 1. The summed E-state index contributed by atoms with van der Waals surface area (Å²) in [6.45, 7) is 1.89. The molecule has 1 unspecified atom stereocenters. The van der Waals surface area contributed by atoms with Crippen molar-refractivity contribution in [2.45, 2.75) is 19.4 Å². The molecule has 0 aliphatic carbocycles. The van der Waals surface area contributed by atoms with Gasteiger partial charge >= 0.3 is 0 Å². The fourth-order valence-electron chi connectivity index (χ4n) is 1.08. The molecule has 0 aliphatic rings. The van der Waals surface area contributed by atoms with E-state index in [4.69, 9.17) is 17.3 Å². The molecule has 6 heteroatoms. The van der Waals surface area contributed by atoms with Crippen molar-refractivity contribution in [3.05, 3.63) is 21.3 Å². The van der Waals surface area contributed by atoms with Gasteiger partial charge in [0.15, 0.2) is 0 Å². The molecule has 1 aromatic heterocycles. The van der Waals surface area contributed by atoms with Crippen LogP contribution in [0.1, 0.15) is 24.3 Å². The second-order valence-electron chi connectivity index (χ2n) is 3.07. The molecule has 0 bridgehead atoms. The number of rotatable bonds is 4. The highest BCUT2D eigenvalue weighted by Gasteiger charge is 2.11. The molecule has 1 heterocycles. The topological polar surface area (TPSA) is 55.1 Å². The molecule has 1 aromatic rings. The first-order valence-corrected chi connectivity index (χ1v) is 5.92. The van der Waals surface area contributed by atoms with Crippen molar-refractivity contribution in [3.8, 4) is 0 Å². The van der Waals surface area contributed by atoms with Crippen LogP contribution in [0, 0.1) is 0 Å². The van der Waals surface area contributed by atoms with E-state index >= 15 is 0 Å². The zero-order valence-electron chi connectivity index (χ0n) is 8.12. The lowest BCUT2D eigenvalue weighted by Gasteiger charge is -2.11. The Morgan fingerprint density at radius 2 is 2.40 bits per heavy atom. The number of carbonyl (C=O) groups is 1. The molecule has 3 N–H and O–H groups in total. The highest BCUT2D eigenvalue weighted by Crippen LogP contribution is 2.26. The molecule has 1 rings (SSSR count). The Balaban J connectivity index is 2.52. The van der Waals surface area contributed by atoms with Crippen molar-refractivity contribution >= 4 is 46.1 Å². The second kappa shape index (κ2) is 5.44. The minimum absolute atomic E-state index is 0.0654. The van der Waals surface area contributed by atoms with Crippen molar-refractivity contribution in [1.29, 1.82) is 0 Å². The highest BCUT2D eigenvalue weighted by atomic mass is 35.5. The van der Waals surface area contributed by atoms with Crippen molar-refractivity contribution in [2.24, 2.45) is 5.73 Å². The maximum atomic E-state index is 11.3. The summed E-state index contributed by atoms with van der Waals surface area (Å²) in [6, 6.07) is 3.63. The summed E-state index contributed by atoms with van der Waals surface area (Å²) >= 11 is 11.9. The average Bonchev–Trinajstić information content (AvgIpc) is 2.49. The molecule has 1 atom stereocenters. The normalized spacial score (nSPS) is 12.1. The molecule has 0 fully saturated rings. The molecule has 0 radical (unpaired) electrons. The van der Waals surface area contributed by atoms with Crippen LogP contribution < -0.4 is 11.1 Å². The van der Waals surface area contributed by atoms with Crippen LogP contribution in [0.25, 0.3) is 0 Å². The Kier molecular flexibility index (Phi) is 4.50. The van der Waals surface area contributed by atoms with Gasteiger partial charge in [0, 0.05) is 4.88 Å². The van der Waals surface area contributed by atoms with Gasteiger partial charge in [0.2, 0.25) is 5.91 Å². The molecule has 3 nitrogen and oxygen atoms in total. The first kappa shape index (κ1) is 12.4. The van der Waals surface area contributed by atoms with Gasteiger partial charge < -0.3 is 11.1 Å². The molecule has 0 saturated heterocycles. The smallest absolute Gasteiger partial charge is 0.227 e. The molecular weight excluding hydrogens is 252 g/mol. The summed E-state index contributed by atoms with van der Waals surface area (Å²) in [5, 5.41) is 2.79. The summed E-state index contributed by atoms with van der Waals surface area (Å²) in [4.78, 5) is 12.5. The monoisotopic (exact) mass is 262 g/mol. The molecule has 82 valence electrons. The van der Waals surface area contributed by atoms with E-state index in [0.717, 1.165) is 4.88 Å². The summed E-state index contributed by atoms with van der Waals surface area (Å²) < 4.78 is 0.709. The summed E-state index contributed by atoms with van der Waals surface area (Å²) in [5.41, 5.74) is 5.26. The van der Waals surface area contributed by atoms with E-state index in [2.05, 4.69) is 17.5 Å². The number of nitrogens with two attached hydrogens (primary N) is 1. The molecule has 0 aromatic carbocycles. The summed E-state index contributed by atoms with van der Waals surface area (Å²) in [7, 11) is 0. The minimum Gasteiger partial charge on any atom is -0.393 e. The van der Waals surface area contributed by atoms with Crippen LogP contribution in [0.2, 0.25) is 4.34 Å². The Morgan fingerprint density at radius 3 is 2.87 bits per heavy atom. The Morgan fingerprint density at radius 1 is 1.73 bits per heavy atom. The molecule has 0 aliphatic heterocycles. The maximum Gasteiger partial charge on any atom is 0.227 e. The Labute approximate surface area is 103 Å². The van der Waals surface area contributed by atoms with Crippen LogP contribution in [-0.4, -0.2) is 10.9 Å². The fraction of sp³-hybridized carbons (Fsp3) is 0.333. The quantitative estimate of drug-likeness (QED) is 0.819. The van der Waals surface area contributed by atoms with Crippen LogP contribution in [0.4, 0.5) is 0 Å². The van der Waals surface area contributed by atoms with Gasteiger partial charge in [-0.2, -0.15) is 0 Å². The fourth-order valence-corrected chi connectivity index (χ4v) is 2.28. The Hall–Kier alpha value is -0.650. The lowest BCUT2D eigenvalue weighted by Crippen LogP contribution is -2.29. The number of amides is 1. The van der Waals surface area contributed by atoms with E-state index < -0.39 is 0 Å². The third kappa shape index (κ3) is 4.15. The number of carbonyl (C=O) groups excluding carboxylic acids is 1. The lowest BCUT2D eigenvalue weighted by molar-refractivity contribution is -0.120. The highest BCUT2D eigenvalue weighted by molar-refractivity contribution is 7.80. The van der Waals surface area contributed by atoms with Crippen LogP contribution in [0.3, 0.4) is 0 Å². The average molecular weight is 263 g/mol. The van der Waals surface area contributed by atoms with Gasteiger partial charge in [0.1, 0.15) is 0 Å². The standard InChI is InChI=1S/C9H11ClN2OS2/c1-5(6-2-3-7(10)15-6)12-9(13)4-8(11)14/h2-3,5H,4H2,1H3,(H2,11,14)(H,12,13). The van der Waals surface area contributed by atoms with E-state index in [0.29, 0.717) is 4.34 Å². The predicted molar refractivity (Wildman–Crippen MR) is 67.3 cm³/mol. The van der Waals surface area contributed by atoms with Gasteiger partial charge in [-0.15, -0.1) is 11.3 Å². The lowest BCUT2D eigenvalue weighted by atomic mass is 10.2. The molecule has 0 saturated carbocycles. The van der Waals surface area contributed by atoms with E-state index in [9.17, 15) is 4.79 Å². The first-order valence-electron chi connectivity index (χ1n) is 4.32. The summed E-state index contributed by atoms with van der Waals surface area (Å²) in [5.74, 6) is -0.167. The molecule has 0 spiro atoms. The first-order chi connectivity index (χ1) is 6.99. The minimum atomic E-state index is -0.167. The van der Waals surface area contributed by atoms with E-state index in [1.54, 1.807) is 6.07 Å². The van der Waals surface area contributed by atoms with Crippen LogP contribution >= 0.6 is 35.2 Å². The van der Waals surface area contributed by atoms with Crippen molar-refractivity contribution < 1.29 is 4.79 Å².